The van der Waals surface area contributed by atoms with Gasteiger partial charge in [0.2, 0.25) is 0 Å². The summed E-state index contributed by atoms with van der Waals surface area (Å²) in [6.07, 6.45) is 3.85. The lowest BCUT2D eigenvalue weighted by molar-refractivity contribution is 0.114. The molecule has 1 aliphatic rings. The molecule has 4 nitrogen and oxygen atoms in total. The lowest BCUT2D eigenvalue weighted by Gasteiger charge is -2.38. The normalized spacial score (nSPS) is 20.1. The van der Waals surface area contributed by atoms with E-state index in [2.05, 4.69) is 48.4 Å². The van der Waals surface area contributed by atoms with E-state index in [0.29, 0.717) is 18.6 Å². The van der Waals surface area contributed by atoms with Crippen molar-refractivity contribution in [1.29, 1.82) is 0 Å². The smallest absolute Gasteiger partial charge is 0.319 e. The van der Waals surface area contributed by atoms with Gasteiger partial charge in [-0.1, -0.05) is 24.1 Å². The highest BCUT2D eigenvalue weighted by Gasteiger charge is 2.23. The first kappa shape index (κ1) is 17.8. The monoisotopic (exact) mass is 317 g/mol. The van der Waals surface area contributed by atoms with Crippen LogP contribution in [-0.4, -0.2) is 36.1 Å². The van der Waals surface area contributed by atoms with Gasteiger partial charge in [0.25, 0.3) is 0 Å². The van der Waals surface area contributed by atoms with Crippen LogP contribution in [0.4, 0.5) is 10.5 Å². The van der Waals surface area contributed by atoms with Crippen LogP contribution in [0.25, 0.3) is 0 Å². The van der Waals surface area contributed by atoms with Crippen LogP contribution in [-0.2, 0) is 0 Å². The van der Waals surface area contributed by atoms with Crippen LogP contribution in [0.15, 0.2) is 12.1 Å². The number of hydrogen-bond acceptors (Lipinski definition) is 2. The van der Waals surface area contributed by atoms with Crippen molar-refractivity contribution in [3.05, 3.63) is 28.8 Å². The summed E-state index contributed by atoms with van der Waals surface area (Å²) in [5.74, 6) is 0. The van der Waals surface area contributed by atoms with E-state index in [1.807, 2.05) is 13.8 Å². The fraction of sp³-hybridized carbons (Fsp3) is 0.632. The molecule has 0 aromatic heterocycles. The summed E-state index contributed by atoms with van der Waals surface area (Å²) in [7, 11) is 0. The molecule has 1 heterocycles. The maximum atomic E-state index is 12.2. The molecular formula is C19H31N3O. The van der Waals surface area contributed by atoms with Crippen LogP contribution in [0, 0.1) is 20.8 Å². The molecule has 1 aromatic rings. The Kier molecular flexibility index (Phi) is 6.05. The summed E-state index contributed by atoms with van der Waals surface area (Å²) >= 11 is 0. The number of benzene rings is 1. The number of anilines is 1. The van der Waals surface area contributed by atoms with Crippen LogP contribution < -0.4 is 10.6 Å². The summed E-state index contributed by atoms with van der Waals surface area (Å²) < 4.78 is 0. The lowest BCUT2D eigenvalue weighted by Crippen LogP contribution is -2.49. The van der Waals surface area contributed by atoms with Crippen LogP contribution in [0.3, 0.4) is 0 Å². The van der Waals surface area contributed by atoms with Crippen molar-refractivity contribution in [2.24, 2.45) is 0 Å². The maximum Gasteiger partial charge on any atom is 0.319 e. The second kappa shape index (κ2) is 7.82. The molecule has 128 valence electrons. The maximum absolute atomic E-state index is 12.2. The van der Waals surface area contributed by atoms with Crippen molar-refractivity contribution in [1.82, 2.24) is 10.2 Å². The number of rotatable bonds is 4. The molecule has 0 bridgehead atoms. The highest BCUT2D eigenvalue weighted by Crippen LogP contribution is 2.22. The zero-order chi connectivity index (χ0) is 17.0. The highest BCUT2D eigenvalue weighted by molar-refractivity contribution is 5.91. The largest absolute Gasteiger partial charge is 0.336 e. The molecule has 0 radical (unpaired) electrons. The third-order valence-corrected chi connectivity index (χ3v) is 4.89. The van der Waals surface area contributed by atoms with Gasteiger partial charge in [-0.25, -0.2) is 4.79 Å². The molecule has 1 fully saturated rings. The minimum Gasteiger partial charge on any atom is -0.336 e. The molecule has 2 N–H and O–H groups in total. The molecular weight excluding hydrogens is 286 g/mol. The fourth-order valence-corrected chi connectivity index (χ4v) is 3.67. The Morgan fingerprint density at radius 1 is 1.26 bits per heavy atom. The van der Waals surface area contributed by atoms with Crippen molar-refractivity contribution in [3.63, 3.8) is 0 Å². The Morgan fingerprint density at radius 2 is 1.91 bits per heavy atom. The minimum absolute atomic E-state index is 0.114. The molecule has 23 heavy (non-hydrogen) atoms. The number of urea groups is 1. The predicted octanol–water partition coefficient (Wildman–Crippen LogP) is 4.00. The van der Waals surface area contributed by atoms with Crippen molar-refractivity contribution >= 4 is 11.7 Å². The van der Waals surface area contributed by atoms with Gasteiger partial charge < -0.3 is 10.6 Å². The second-order valence-corrected chi connectivity index (χ2v) is 7.04. The number of likely N-dealkylation sites (tertiary alicyclic amines) is 1. The highest BCUT2D eigenvalue weighted by atomic mass is 16.2. The van der Waals surface area contributed by atoms with E-state index in [0.717, 1.165) is 23.4 Å². The second-order valence-electron chi connectivity index (χ2n) is 7.04. The van der Waals surface area contributed by atoms with E-state index in [-0.39, 0.29) is 6.03 Å². The summed E-state index contributed by atoms with van der Waals surface area (Å²) in [6, 6.07) is 5.07. The predicted molar refractivity (Wildman–Crippen MR) is 97.2 cm³/mol. The average molecular weight is 317 g/mol. The zero-order valence-electron chi connectivity index (χ0n) is 15.2. The van der Waals surface area contributed by atoms with E-state index < -0.39 is 0 Å². The number of aryl methyl sites for hydroxylation is 3. The number of piperidine rings is 1. The van der Waals surface area contributed by atoms with Gasteiger partial charge in [-0.3, -0.25) is 4.90 Å². The standard InChI is InChI=1S/C19H31N3O/c1-13-10-14(2)18(15(3)11-13)21-19(23)20-12-17(5)22-9-7-6-8-16(22)4/h10-11,16-17H,6-9,12H2,1-5H3,(H2,20,21,23)/t16-,17+/m1/s1. The van der Waals surface area contributed by atoms with Crippen molar-refractivity contribution in [2.45, 2.75) is 66.0 Å². The topological polar surface area (TPSA) is 44.4 Å². The van der Waals surface area contributed by atoms with Gasteiger partial charge >= 0.3 is 6.03 Å². The number of nitrogens with zero attached hydrogens (tertiary/aromatic N) is 1. The molecule has 0 unspecified atom stereocenters. The third kappa shape index (κ3) is 4.71. The van der Waals surface area contributed by atoms with Crippen molar-refractivity contribution in [3.8, 4) is 0 Å². The molecule has 1 aliphatic heterocycles. The van der Waals surface area contributed by atoms with E-state index in [1.54, 1.807) is 0 Å². The van der Waals surface area contributed by atoms with Gasteiger partial charge in [-0.2, -0.15) is 0 Å². The van der Waals surface area contributed by atoms with Crippen LogP contribution in [0.1, 0.15) is 49.8 Å². The van der Waals surface area contributed by atoms with Crippen molar-refractivity contribution < 1.29 is 4.79 Å². The van der Waals surface area contributed by atoms with Gasteiger partial charge in [0.15, 0.2) is 0 Å². The van der Waals surface area contributed by atoms with Gasteiger partial charge in [-0.05, 0) is 65.1 Å². The van der Waals surface area contributed by atoms with Gasteiger partial charge in [-0.15, -0.1) is 0 Å². The van der Waals surface area contributed by atoms with Crippen LogP contribution in [0.2, 0.25) is 0 Å². The quantitative estimate of drug-likeness (QED) is 0.881. The SMILES string of the molecule is Cc1cc(C)c(NC(=O)NC[C@H](C)N2CCCC[C@H]2C)c(C)c1. The molecule has 4 heteroatoms. The summed E-state index contributed by atoms with van der Waals surface area (Å²) in [4.78, 5) is 14.7. The van der Waals surface area contributed by atoms with Crippen LogP contribution >= 0.6 is 0 Å². The first-order valence-electron chi connectivity index (χ1n) is 8.77. The number of carbonyl (C=O) groups excluding carboxylic acids is 1. The summed E-state index contributed by atoms with van der Waals surface area (Å²) in [6.45, 7) is 12.5. The summed E-state index contributed by atoms with van der Waals surface area (Å²) in [5.41, 5.74) is 4.36. The molecule has 2 rings (SSSR count). The third-order valence-electron chi connectivity index (χ3n) is 4.89. The molecule has 2 atom stereocenters. The Morgan fingerprint density at radius 3 is 2.52 bits per heavy atom. The van der Waals surface area contributed by atoms with Gasteiger partial charge in [0.05, 0.1) is 0 Å². The molecule has 1 saturated heterocycles. The molecule has 0 spiro atoms. The van der Waals surface area contributed by atoms with Gasteiger partial charge in [0.1, 0.15) is 0 Å². The minimum atomic E-state index is -0.114. The molecule has 0 aliphatic carbocycles. The summed E-state index contributed by atoms with van der Waals surface area (Å²) in [5, 5.41) is 6.03. The van der Waals surface area contributed by atoms with Crippen molar-refractivity contribution in [2.75, 3.05) is 18.4 Å². The van der Waals surface area contributed by atoms with E-state index in [9.17, 15) is 4.79 Å². The lowest BCUT2D eigenvalue weighted by atomic mass is 10.0. The average Bonchev–Trinajstić information content (AvgIpc) is 2.49. The Bertz CT molecular complexity index is 533. The van der Waals surface area contributed by atoms with E-state index >= 15 is 0 Å². The van der Waals surface area contributed by atoms with E-state index in [4.69, 9.17) is 0 Å². The zero-order valence-corrected chi connectivity index (χ0v) is 15.2. The number of hydrogen-bond donors (Lipinski definition) is 2. The van der Waals surface area contributed by atoms with E-state index in [1.165, 1.54) is 24.8 Å². The Hall–Kier alpha value is -1.55. The molecule has 1 aromatic carbocycles. The molecule has 0 saturated carbocycles. The number of nitrogens with one attached hydrogen (secondary N) is 2. The number of amides is 2. The van der Waals surface area contributed by atoms with Gasteiger partial charge in [0, 0.05) is 24.3 Å². The van der Waals surface area contributed by atoms with Crippen LogP contribution in [0.5, 0.6) is 0 Å². The Balaban J connectivity index is 1.88. The fourth-order valence-electron chi connectivity index (χ4n) is 3.67. The molecule has 2 amide bonds. The number of carbonyl (C=O) groups is 1. The Labute approximate surface area is 140 Å². The first-order valence-corrected chi connectivity index (χ1v) is 8.77. The first-order chi connectivity index (χ1) is 10.9.